The molecule has 21 heavy (non-hydrogen) atoms. The Kier molecular flexibility index (Phi) is 3.29. The highest BCUT2D eigenvalue weighted by Gasteiger charge is 2.26. The zero-order chi connectivity index (χ0) is 15.0. The average Bonchev–Trinajstić information content (AvgIpc) is 2.90. The van der Waals surface area contributed by atoms with Crippen molar-refractivity contribution in [2.45, 2.75) is 13.3 Å². The number of carbonyl (C=O) groups is 2. The summed E-state index contributed by atoms with van der Waals surface area (Å²) in [6, 6.07) is 10.9. The Hall–Kier alpha value is -2.49. The molecule has 0 N–H and O–H groups in total. The van der Waals surface area contributed by atoms with Crippen LogP contribution in [0.25, 0.3) is 0 Å². The minimum absolute atomic E-state index is 0.0149. The van der Waals surface area contributed by atoms with Gasteiger partial charge in [-0.05, 0) is 61.4 Å². The Balaban J connectivity index is 1.92. The van der Waals surface area contributed by atoms with Crippen LogP contribution in [-0.2, 0) is 6.42 Å². The van der Waals surface area contributed by atoms with Crippen molar-refractivity contribution < 1.29 is 14.0 Å². The number of nitrogens with zero attached hydrogens (tertiary/aromatic N) is 1. The van der Waals surface area contributed by atoms with Crippen molar-refractivity contribution in [1.82, 2.24) is 0 Å². The summed E-state index contributed by atoms with van der Waals surface area (Å²) in [6.07, 6.45) is 0.726. The Morgan fingerprint density at radius 3 is 2.38 bits per heavy atom. The van der Waals surface area contributed by atoms with Gasteiger partial charge in [0.25, 0.3) is 5.91 Å². The zero-order valence-corrected chi connectivity index (χ0v) is 11.6. The van der Waals surface area contributed by atoms with Crippen LogP contribution in [0.2, 0.25) is 0 Å². The summed E-state index contributed by atoms with van der Waals surface area (Å²) in [6.45, 7) is 2.10. The molecule has 0 saturated heterocycles. The Labute approximate surface area is 122 Å². The molecule has 0 atom stereocenters. The molecule has 0 bridgehead atoms. The van der Waals surface area contributed by atoms with E-state index in [1.807, 2.05) is 6.07 Å². The van der Waals surface area contributed by atoms with E-state index in [0.717, 1.165) is 17.7 Å². The molecule has 1 aliphatic heterocycles. The molecule has 2 aromatic carbocycles. The van der Waals surface area contributed by atoms with Crippen LogP contribution in [0.15, 0.2) is 42.5 Å². The van der Waals surface area contributed by atoms with E-state index in [1.165, 1.54) is 31.2 Å². The summed E-state index contributed by atoms with van der Waals surface area (Å²) >= 11 is 0. The van der Waals surface area contributed by atoms with E-state index < -0.39 is 0 Å². The van der Waals surface area contributed by atoms with Crippen molar-refractivity contribution in [3.63, 3.8) is 0 Å². The molecule has 1 heterocycles. The van der Waals surface area contributed by atoms with E-state index in [9.17, 15) is 14.0 Å². The van der Waals surface area contributed by atoms with Crippen LogP contribution >= 0.6 is 0 Å². The fourth-order valence-corrected chi connectivity index (χ4v) is 2.58. The molecule has 2 aromatic rings. The molecule has 3 rings (SSSR count). The van der Waals surface area contributed by atoms with Gasteiger partial charge >= 0.3 is 0 Å². The van der Waals surface area contributed by atoms with Crippen LogP contribution in [0.4, 0.5) is 10.1 Å². The van der Waals surface area contributed by atoms with Gasteiger partial charge < -0.3 is 4.90 Å². The molecule has 4 heteroatoms. The first-order valence-electron chi connectivity index (χ1n) is 6.77. The molecule has 0 unspecified atom stereocenters. The molecule has 106 valence electrons. The highest BCUT2D eigenvalue weighted by Crippen LogP contribution is 2.30. The normalized spacial score (nSPS) is 13.1. The van der Waals surface area contributed by atoms with Gasteiger partial charge in [-0.1, -0.05) is 0 Å². The molecular weight excluding hydrogens is 269 g/mol. The van der Waals surface area contributed by atoms with Crippen LogP contribution in [0, 0.1) is 5.82 Å². The monoisotopic (exact) mass is 283 g/mol. The number of hydrogen-bond donors (Lipinski definition) is 0. The van der Waals surface area contributed by atoms with E-state index >= 15 is 0 Å². The van der Waals surface area contributed by atoms with Crippen molar-refractivity contribution >= 4 is 17.4 Å². The van der Waals surface area contributed by atoms with Gasteiger partial charge in [-0.2, -0.15) is 0 Å². The standard InChI is InChI=1S/C17H14FNO2/c1-11(20)13-4-7-16-14(10-13)8-9-19(16)17(21)12-2-5-15(18)6-3-12/h2-7,10H,8-9H2,1H3. The number of hydrogen-bond acceptors (Lipinski definition) is 2. The molecule has 1 amide bonds. The highest BCUT2D eigenvalue weighted by molar-refractivity contribution is 6.07. The van der Waals surface area contributed by atoms with Gasteiger partial charge in [0, 0.05) is 23.4 Å². The lowest BCUT2D eigenvalue weighted by atomic mass is 10.1. The van der Waals surface area contributed by atoms with Crippen molar-refractivity contribution in [3.05, 3.63) is 65.0 Å². The summed E-state index contributed by atoms with van der Waals surface area (Å²) in [7, 11) is 0. The van der Waals surface area contributed by atoms with Crippen LogP contribution in [0.5, 0.6) is 0 Å². The molecule has 0 fully saturated rings. The fourth-order valence-electron chi connectivity index (χ4n) is 2.58. The predicted octanol–water partition coefficient (Wildman–Crippen LogP) is 3.23. The minimum atomic E-state index is -0.362. The van der Waals surface area contributed by atoms with Gasteiger partial charge in [-0.3, -0.25) is 9.59 Å². The third kappa shape index (κ3) is 2.44. The summed E-state index contributed by atoms with van der Waals surface area (Å²) < 4.78 is 12.9. The summed E-state index contributed by atoms with van der Waals surface area (Å²) in [4.78, 5) is 25.5. The second-order valence-electron chi connectivity index (χ2n) is 5.11. The number of carbonyl (C=O) groups excluding carboxylic acids is 2. The van der Waals surface area contributed by atoms with Crippen molar-refractivity contribution in [3.8, 4) is 0 Å². The Morgan fingerprint density at radius 1 is 1.05 bits per heavy atom. The molecule has 3 nitrogen and oxygen atoms in total. The Morgan fingerprint density at radius 2 is 1.71 bits per heavy atom. The second kappa shape index (κ2) is 5.13. The van der Waals surface area contributed by atoms with E-state index in [-0.39, 0.29) is 17.5 Å². The number of Topliss-reactive ketones (excluding diaryl/α,β-unsaturated/α-hetero) is 1. The zero-order valence-electron chi connectivity index (χ0n) is 11.6. The lowest BCUT2D eigenvalue weighted by Crippen LogP contribution is -2.28. The first kappa shape index (κ1) is 13.5. The van der Waals surface area contributed by atoms with Crippen LogP contribution in [-0.4, -0.2) is 18.2 Å². The third-order valence-corrected chi connectivity index (χ3v) is 3.72. The summed E-state index contributed by atoms with van der Waals surface area (Å²) in [5, 5.41) is 0. The largest absolute Gasteiger partial charge is 0.308 e. The molecule has 1 aliphatic rings. The number of halogens is 1. The van der Waals surface area contributed by atoms with Gasteiger partial charge in [-0.25, -0.2) is 4.39 Å². The Bertz CT molecular complexity index is 722. The molecule has 0 saturated carbocycles. The fraction of sp³-hybridized carbons (Fsp3) is 0.176. The maximum absolute atomic E-state index is 12.9. The van der Waals surface area contributed by atoms with E-state index in [4.69, 9.17) is 0 Å². The van der Waals surface area contributed by atoms with Gasteiger partial charge in [0.05, 0.1) is 0 Å². The number of amides is 1. The summed E-state index contributed by atoms with van der Waals surface area (Å²) in [5.74, 6) is -0.495. The number of rotatable bonds is 2. The predicted molar refractivity (Wildman–Crippen MR) is 78.2 cm³/mol. The maximum Gasteiger partial charge on any atom is 0.258 e. The van der Waals surface area contributed by atoms with Crippen LogP contribution in [0.3, 0.4) is 0 Å². The SMILES string of the molecule is CC(=O)c1ccc2c(c1)CCN2C(=O)c1ccc(F)cc1. The van der Waals surface area contributed by atoms with E-state index in [0.29, 0.717) is 17.7 Å². The average molecular weight is 283 g/mol. The lowest BCUT2D eigenvalue weighted by Gasteiger charge is -2.17. The molecular formula is C17H14FNO2. The molecule has 0 aromatic heterocycles. The number of fused-ring (bicyclic) bond motifs is 1. The van der Waals surface area contributed by atoms with Gasteiger partial charge in [0.2, 0.25) is 0 Å². The smallest absolute Gasteiger partial charge is 0.258 e. The minimum Gasteiger partial charge on any atom is -0.308 e. The molecule has 0 spiro atoms. The van der Waals surface area contributed by atoms with E-state index in [1.54, 1.807) is 17.0 Å². The van der Waals surface area contributed by atoms with Crippen molar-refractivity contribution in [2.75, 3.05) is 11.4 Å². The van der Waals surface area contributed by atoms with Crippen LogP contribution in [0.1, 0.15) is 33.2 Å². The van der Waals surface area contributed by atoms with Gasteiger partial charge in [0.1, 0.15) is 5.82 Å². The van der Waals surface area contributed by atoms with E-state index in [2.05, 4.69) is 0 Å². The quantitative estimate of drug-likeness (QED) is 0.793. The number of ketones is 1. The van der Waals surface area contributed by atoms with Crippen molar-refractivity contribution in [2.24, 2.45) is 0 Å². The molecule has 0 aliphatic carbocycles. The van der Waals surface area contributed by atoms with Crippen LogP contribution < -0.4 is 4.90 Å². The first-order valence-corrected chi connectivity index (χ1v) is 6.77. The van der Waals surface area contributed by atoms with Gasteiger partial charge in [0.15, 0.2) is 5.78 Å². The number of benzene rings is 2. The molecule has 0 radical (unpaired) electrons. The number of anilines is 1. The third-order valence-electron chi connectivity index (χ3n) is 3.72. The maximum atomic E-state index is 12.9. The second-order valence-corrected chi connectivity index (χ2v) is 5.11. The summed E-state index contributed by atoms with van der Waals surface area (Å²) in [5.41, 5.74) is 2.94. The topological polar surface area (TPSA) is 37.4 Å². The lowest BCUT2D eigenvalue weighted by molar-refractivity contribution is 0.0987. The highest BCUT2D eigenvalue weighted by atomic mass is 19.1. The van der Waals surface area contributed by atoms with Crippen molar-refractivity contribution in [1.29, 1.82) is 0 Å². The first-order chi connectivity index (χ1) is 10.1. The van der Waals surface area contributed by atoms with Gasteiger partial charge in [-0.15, -0.1) is 0 Å².